The minimum atomic E-state index is 0.209. The zero-order chi connectivity index (χ0) is 16.4. The highest BCUT2D eigenvalue weighted by atomic mass is 16.3. The number of unbranched alkanes of at least 4 members (excludes halogenated alkanes) is 1. The summed E-state index contributed by atoms with van der Waals surface area (Å²) >= 11 is 0. The standard InChI is InChI=1S/C17H17N5O2/c23-8-2-1-6-19-16-3-4-17-20-11-13(22(17)21-16)15-9-12-10-18-7-5-14(12)24-15/h3-5,7,9-11,23H,1-2,6,8H2,(H,19,21). The molecule has 4 heterocycles. The van der Waals surface area contributed by atoms with Gasteiger partial charge in [0.15, 0.2) is 11.4 Å². The fourth-order valence-electron chi connectivity index (χ4n) is 2.60. The zero-order valence-electron chi connectivity index (χ0n) is 13.0. The molecule has 0 saturated carbocycles. The lowest BCUT2D eigenvalue weighted by Gasteiger charge is -2.05. The Bertz CT molecular complexity index is 942. The molecule has 24 heavy (non-hydrogen) atoms. The maximum Gasteiger partial charge on any atom is 0.155 e. The molecule has 7 nitrogen and oxygen atoms in total. The number of hydrogen-bond donors (Lipinski definition) is 2. The van der Waals surface area contributed by atoms with Gasteiger partial charge in [-0.3, -0.25) is 4.98 Å². The second-order valence-corrected chi connectivity index (χ2v) is 5.51. The number of pyridine rings is 1. The maximum absolute atomic E-state index is 8.83. The van der Waals surface area contributed by atoms with Gasteiger partial charge in [-0.15, -0.1) is 5.10 Å². The second kappa shape index (κ2) is 6.29. The number of anilines is 1. The molecule has 0 bridgehead atoms. The van der Waals surface area contributed by atoms with E-state index in [4.69, 9.17) is 9.52 Å². The van der Waals surface area contributed by atoms with Crippen LogP contribution in [0.4, 0.5) is 5.82 Å². The molecule has 7 heteroatoms. The summed E-state index contributed by atoms with van der Waals surface area (Å²) in [4.78, 5) is 8.49. The summed E-state index contributed by atoms with van der Waals surface area (Å²) in [5, 5.41) is 17.6. The Balaban J connectivity index is 1.67. The van der Waals surface area contributed by atoms with Gasteiger partial charge in [-0.1, -0.05) is 0 Å². The number of furan rings is 1. The van der Waals surface area contributed by atoms with Crippen LogP contribution in [0.5, 0.6) is 0 Å². The van der Waals surface area contributed by atoms with Crippen LogP contribution in [-0.2, 0) is 0 Å². The third kappa shape index (κ3) is 2.69. The van der Waals surface area contributed by atoms with E-state index in [1.165, 1.54) is 0 Å². The van der Waals surface area contributed by atoms with E-state index in [-0.39, 0.29) is 6.61 Å². The molecule has 2 N–H and O–H groups in total. The molecule has 0 aliphatic carbocycles. The smallest absolute Gasteiger partial charge is 0.155 e. The van der Waals surface area contributed by atoms with Gasteiger partial charge in [0.1, 0.15) is 17.1 Å². The van der Waals surface area contributed by atoms with Crippen molar-refractivity contribution in [1.82, 2.24) is 19.6 Å². The first-order valence-corrected chi connectivity index (χ1v) is 7.88. The zero-order valence-corrected chi connectivity index (χ0v) is 13.0. The molecule has 0 fully saturated rings. The van der Waals surface area contributed by atoms with E-state index in [2.05, 4.69) is 20.4 Å². The van der Waals surface area contributed by atoms with E-state index >= 15 is 0 Å². The topological polar surface area (TPSA) is 88.5 Å². The SMILES string of the molecule is OCCCCNc1ccc2ncc(-c3cc4cnccc4o3)n2n1. The number of hydrogen-bond acceptors (Lipinski definition) is 6. The van der Waals surface area contributed by atoms with Crippen molar-refractivity contribution in [3.05, 3.63) is 42.9 Å². The van der Waals surface area contributed by atoms with Crippen LogP contribution in [0.2, 0.25) is 0 Å². The average Bonchev–Trinajstić information content (AvgIpc) is 3.21. The molecule has 0 amide bonds. The van der Waals surface area contributed by atoms with Gasteiger partial charge in [0.25, 0.3) is 0 Å². The van der Waals surface area contributed by atoms with Crippen molar-refractivity contribution in [3.8, 4) is 11.5 Å². The van der Waals surface area contributed by atoms with Crippen molar-refractivity contribution in [3.63, 3.8) is 0 Å². The number of nitrogens with zero attached hydrogens (tertiary/aromatic N) is 4. The van der Waals surface area contributed by atoms with Crippen LogP contribution in [0.3, 0.4) is 0 Å². The summed E-state index contributed by atoms with van der Waals surface area (Å²) in [6, 6.07) is 7.58. The minimum absolute atomic E-state index is 0.209. The van der Waals surface area contributed by atoms with Crippen molar-refractivity contribution in [2.24, 2.45) is 0 Å². The molecule has 0 saturated heterocycles. The Morgan fingerprint density at radius 3 is 3.00 bits per heavy atom. The number of imidazole rings is 1. The molecule has 0 unspecified atom stereocenters. The van der Waals surface area contributed by atoms with Gasteiger partial charge >= 0.3 is 0 Å². The van der Waals surface area contributed by atoms with Gasteiger partial charge in [-0.2, -0.15) is 0 Å². The van der Waals surface area contributed by atoms with Crippen LogP contribution in [0.25, 0.3) is 28.1 Å². The number of aliphatic hydroxyl groups is 1. The Kier molecular flexibility index (Phi) is 3.84. The predicted octanol–water partition coefficient (Wildman–Crippen LogP) is 2.72. The minimum Gasteiger partial charge on any atom is -0.454 e. The van der Waals surface area contributed by atoms with E-state index in [1.807, 2.05) is 24.3 Å². The molecule has 0 aliphatic heterocycles. The van der Waals surface area contributed by atoms with Gasteiger partial charge in [-0.25, -0.2) is 9.50 Å². The van der Waals surface area contributed by atoms with Crippen LogP contribution in [0.15, 0.2) is 47.3 Å². The van der Waals surface area contributed by atoms with Gasteiger partial charge in [0.05, 0.1) is 6.20 Å². The van der Waals surface area contributed by atoms with Crippen LogP contribution in [0.1, 0.15) is 12.8 Å². The molecule has 0 atom stereocenters. The van der Waals surface area contributed by atoms with Gasteiger partial charge in [-0.05, 0) is 37.1 Å². The average molecular weight is 323 g/mol. The molecule has 0 radical (unpaired) electrons. The Morgan fingerprint density at radius 2 is 2.12 bits per heavy atom. The summed E-state index contributed by atoms with van der Waals surface area (Å²) in [5.74, 6) is 1.47. The largest absolute Gasteiger partial charge is 0.454 e. The molecule has 0 aromatic carbocycles. The van der Waals surface area contributed by atoms with E-state index in [1.54, 1.807) is 23.1 Å². The summed E-state index contributed by atoms with van der Waals surface area (Å²) in [6.45, 7) is 0.972. The summed E-state index contributed by atoms with van der Waals surface area (Å²) in [7, 11) is 0. The highest BCUT2D eigenvalue weighted by molar-refractivity contribution is 5.81. The van der Waals surface area contributed by atoms with E-state index in [0.29, 0.717) is 5.76 Å². The summed E-state index contributed by atoms with van der Waals surface area (Å²) in [6.07, 6.45) is 6.90. The molecular weight excluding hydrogens is 306 g/mol. The number of aliphatic hydroxyl groups excluding tert-OH is 1. The third-order valence-electron chi connectivity index (χ3n) is 3.82. The lowest BCUT2D eigenvalue weighted by Crippen LogP contribution is -2.06. The monoisotopic (exact) mass is 323 g/mol. The van der Waals surface area contributed by atoms with Crippen molar-refractivity contribution in [2.75, 3.05) is 18.5 Å². The first kappa shape index (κ1) is 14.6. The first-order chi connectivity index (χ1) is 11.8. The van der Waals surface area contributed by atoms with Crippen molar-refractivity contribution in [2.45, 2.75) is 12.8 Å². The quantitative estimate of drug-likeness (QED) is 0.530. The highest BCUT2D eigenvalue weighted by Gasteiger charge is 2.12. The summed E-state index contributed by atoms with van der Waals surface area (Å²) in [5.41, 5.74) is 2.33. The van der Waals surface area contributed by atoms with Crippen LogP contribution in [0, 0.1) is 0 Å². The Hall–Kier alpha value is -2.93. The second-order valence-electron chi connectivity index (χ2n) is 5.51. The molecule has 0 aliphatic rings. The van der Waals surface area contributed by atoms with E-state index in [0.717, 1.165) is 47.5 Å². The number of fused-ring (bicyclic) bond motifs is 2. The van der Waals surface area contributed by atoms with Gasteiger partial charge in [0, 0.05) is 30.9 Å². The third-order valence-corrected chi connectivity index (χ3v) is 3.82. The molecule has 4 aromatic heterocycles. The Labute approximate surface area is 138 Å². The van der Waals surface area contributed by atoms with Gasteiger partial charge in [0.2, 0.25) is 0 Å². The number of nitrogens with one attached hydrogen (secondary N) is 1. The van der Waals surface area contributed by atoms with Gasteiger partial charge < -0.3 is 14.8 Å². The van der Waals surface area contributed by atoms with Crippen molar-refractivity contribution >= 4 is 22.4 Å². The fourth-order valence-corrected chi connectivity index (χ4v) is 2.60. The van der Waals surface area contributed by atoms with E-state index < -0.39 is 0 Å². The normalized spacial score (nSPS) is 11.4. The highest BCUT2D eigenvalue weighted by Crippen LogP contribution is 2.27. The molecule has 4 aromatic rings. The lowest BCUT2D eigenvalue weighted by molar-refractivity contribution is 0.286. The molecular formula is C17H17N5O2. The molecule has 4 rings (SSSR count). The van der Waals surface area contributed by atoms with E-state index in [9.17, 15) is 0 Å². The number of aromatic nitrogens is 4. The maximum atomic E-state index is 8.83. The van der Waals surface area contributed by atoms with Crippen LogP contribution < -0.4 is 5.32 Å². The Morgan fingerprint density at radius 1 is 1.17 bits per heavy atom. The summed E-state index contributed by atoms with van der Waals surface area (Å²) < 4.78 is 7.65. The molecule has 0 spiro atoms. The van der Waals surface area contributed by atoms with Crippen LogP contribution in [-0.4, -0.2) is 37.8 Å². The first-order valence-electron chi connectivity index (χ1n) is 7.88. The van der Waals surface area contributed by atoms with Crippen LogP contribution >= 0.6 is 0 Å². The predicted molar refractivity (Wildman–Crippen MR) is 90.8 cm³/mol. The van der Waals surface area contributed by atoms with Crippen molar-refractivity contribution < 1.29 is 9.52 Å². The fraction of sp³-hybridized carbons (Fsp3) is 0.235. The number of rotatable bonds is 6. The molecule has 122 valence electrons. The lowest BCUT2D eigenvalue weighted by atomic mass is 10.3. The van der Waals surface area contributed by atoms with Crippen molar-refractivity contribution in [1.29, 1.82) is 0 Å².